The van der Waals surface area contributed by atoms with Crippen LogP contribution in [-0.4, -0.2) is 46.1 Å². The predicted molar refractivity (Wildman–Crippen MR) is 101 cm³/mol. The molecule has 28 heavy (non-hydrogen) atoms. The largest absolute Gasteiger partial charge is 0.493 e. The van der Waals surface area contributed by atoms with Gasteiger partial charge in [0.05, 0.1) is 14.2 Å². The Morgan fingerprint density at radius 3 is 2.39 bits per heavy atom. The number of ketones is 1. The van der Waals surface area contributed by atoms with Crippen LogP contribution in [0.4, 0.5) is 5.69 Å². The maximum atomic E-state index is 12.2. The molecule has 3 aromatic rings. The Balaban J connectivity index is 1.67. The average molecular weight is 381 g/mol. The van der Waals surface area contributed by atoms with Crippen molar-refractivity contribution in [1.29, 1.82) is 0 Å². The lowest BCUT2D eigenvalue weighted by Crippen LogP contribution is -2.20. The molecule has 9 nitrogen and oxygen atoms in total. The Labute approximate surface area is 161 Å². The highest BCUT2D eigenvalue weighted by molar-refractivity contribution is 5.95. The average Bonchev–Trinajstić information content (AvgIpc) is 3.16. The number of hydrogen-bond acceptors (Lipinski definition) is 7. The van der Waals surface area contributed by atoms with Crippen molar-refractivity contribution in [3.63, 3.8) is 0 Å². The van der Waals surface area contributed by atoms with Gasteiger partial charge in [0.15, 0.2) is 17.3 Å². The van der Waals surface area contributed by atoms with Crippen LogP contribution >= 0.6 is 0 Å². The molecule has 2 aromatic carbocycles. The highest BCUT2D eigenvalue weighted by Crippen LogP contribution is 2.30. The lowest BCUT2D eigenvalue weighted by atomic mass is 10.1. The Morgan fingerprint density at radius 2 is 1.75 bits per heavy atom. The van der Waals surface area contributed by atoms with Crippen molar-refractivity contribution in [1.82, 2.24) is 20.2 Å². The Bertz CT molecular complexity index is 998. The Morgan fingerprint density at radius 1 is 1.04 bits per heavy atom. The molecule has 0 atom stereocenters. The maximum absolute atomic E-state index is 12.2. The number of anilines is 1. The molecule has 0 fully saturated rings. The zero-order chi connectivity index (χ0) is 20.1. The maximum Gasteiger partial charge on any atom is 0.248 e. The quantitative estimate of drug-likeness (QED) is 0.625. The third-order valence-electron chi connectivity index (χ3n) is 3.95. The number of benzene rings is 2. The second kappa shape index (κ2) is 8.30. The number of nitrogens with zero attached hydrogens (tertiary/aromatic N) is 4. The van der Waals surface area contributed by atoms with E-state index in [2.05, 4.69) is 20.7 Å². The number of carbonyl (C=O) groups excluding carboxylic acids is 2. The van der Waals surface area contributed by atoms with Gasteiger partial charge in [-0.25, -0.2) is 0 Å². The summed E-state index contributed by atoms with van der Waals surface area (Å²) in [4.78, 5) is 24.7. The number of nitrogens with one attached hydrogen (secondary N) is 1. The molecule has 0 aliphatic rings. The molecule has 0 unspecified atom stereocenters. The summed E-state index contributed by atoms with van der Waals surface area (Å²) in [6, 6.07) is 11.9. The smallest absolute Gasteiger partial charge is 0.248 e. The van der Waals surface area contributed by atoms with Gasteiger partial charge in [0.1, 0.15) is 6.54 Å². The summed E-state index contributed by atoms with van der Waals surface area (Å²) in [5, 5.41) is 14.8. The zero-order valence-corrected chi connectivity index (χ0v) is 15.7. The molecule has 0 spiro atoms. The van der Waals surface area contributed by atoms with Gasteiger partial charge in [-0.05, 0) is 54.6 Å². The fourth-order valence-corrected chi connectivity index (χ4v) is 2.52. The first-order chi connectivity index (χ1) is 13.5. The molecule has 9 heteroatoms. The van der Waals surface area contributed by atoms with E-state index in [1.165, 1.54) is 11.7 Å². The standard InChI is InChI=1S/C19H19N5O4/c1-12(25)13-4-7-15(8-5-13)20-18(26)11-24-22-19(21-23-24)14-6-9-16(27-2)17(10-14)28-3/h4-10H,11H2,1-3H3,(H,20,26). The van der Waals surface area contributed by atoms with E-state index >= 15 is 0 Å². The van der Waals surface area contributed by atoms with Gasteiger partial charge in [-0.2, -0.15) is 4.80 Å². The Hall–Kier alpha value is -3.75. The first-order valence-electron chi connectivity index (χ1n) is 8.41. The van der Waals surface area contributed by atoms with Gasteiger partial charge in [-0.15, -0.1) is 10.2 Å². The van der Waals surface area contributed by atoms with Gasteiger partial charge >= 0.3 is 0 Å². The summed E-state index contributed by atoms with van der Waals surface area (Å²) >= 11 is 0. The molecule has 0 bridgehead atoms. The van der Waals surface area contributed by atoms with Crippen molar-refractivity contribution in [2.75, 3.05) is 19.5 Å². The van der Waals surface area contributed by atoms with Crippen LogP contribution in [0.1, 0.15) is 17.3 Å². The number of Topliss-reactive ketones (excluding diaryl/α,β-unsaturated/α-hetero) is 1. The fourth-order valence-electron chi connectivity index (χ4n) is 2.52. The van der Waals surface area contributed by atoms with Gasteiger partial charge < -0.3 is 14.8 Å². The van der Waals surface area contributed by atoms with Crippen molar-refractivity contribution in [2.24, 2.45) is 0 Å². The van der Waals surface area contributed by atoms with Crippen LogP contribution in [0.15, 0.2) is 42.5 Å². The Kier molecular flexibility index (Phi) is 5.64. The number of hydrogen-bond donors (Lipinski definition) is 1. The highest BCUT2D eigenvalue weighted by Gasteiger charge is 2.12. The molecular formula is C19H19N5O4. The van der Waals surface area contributed by atoms with Crippen molar-refractivity contribution in [3.8, 4) is 22.9 Å². The van der Waals surface area contributed by atoms with Gasteiger partial charge in [0.2, 0.25) is 11.7 Å². The van der Waals surface area contributed by atoms with Crippen LogP contribution in [0.2, 0.25) is 0 Å². The minimum atomic E-state index is -0.313. The lowest BCUT2D eigenvalue weighted by Gasteiger charge is -2.07. The molecular weight excluding hydrogens is 362 g/mol. The molecule has 3 rings (SSSR count). The van der Waals surface area contributed by atoms with E-state index in [-0.39, 0.29) is 18.2 Å². The molecule has 0 aliphatic heterocycles. The van der Waals surface area contributed by atoms with E-state index in [1.54, 1.807) is 56.7 Å². The number of methoxy groups -OCH3 is 2. The summed E-state index contributed by atoms with van der Waals surface area (Å²) < 4.78 is 10.5. The number of rotatable bonds is 7. The minimum absolute atomic E-state index is 0.0348. The number of carbonyl (C=O) groups is 2. The summed E-state index contributed by atoms with van der Waals surface area (Å²) in [5.74, 6) is 1.15. The summed E-state index contributed by atoms with van der Waals surface area (Å²) in [7, 11) is 3.09. The molecule has 0 radical (unpaired) electrons. The second-order valence-electron chi connectivity index (χ2n) is 5.89. The van der Waals surface area contributed by atoms with Gasteiger partial charge in [-0.1, -0.05) is 0 Å². The third-order valence-corrected chi connectivity index (χ3v) is 3.95. The van der Waals surface area contributed by atoms with E-state index in [4.69, 9.17) is 9.47 Å². The summed E-state index contributed by atoms with van der Waals surface area (Å²) in [6.45, 7) is 1.38. The molecule has 0 aliphatic carbocycles. The van der Waals surface area contributed by atoms with Gasteiger partial charge in [0, 0.05) is 16.8 Å². The number of aromatic nitrogens is 4. The molecule has 1 N–H and O–H groups in total. The van der Waals surface area contributed by atoms with Crippen molar-refractivity contribution in [3.05, 3.63) is 48.0 Å². The van der Waals surface area contributed by atoms with Crippen LogP contribution in [0.5, 0.6) is 11.5 Å². The molecule has 1 heterocycles. The molecule has 1 aromatic heterocycles. The first kappa shape index (κ1) is 19.0. The molecule has 1 amide bonds. The van der Waals surface area contributed by atoms with E-state index in [1.807, 2.05) is 0 Å². The van der Waals surface area contributed by atoms with E-state index in [9.17, 15) is 9.59 Å². The first-order valence-corrected chi connectivity index (χ1v) is 8.41. The zero-order valence-electron chi connectivity index (χ0n) is 15.7. The summed E-state index contributed by atoms with van der Waals surface area (Å²) in [5.41, 5.74) is 1.84. The normalized spacial score (nSPS) is 10.4. The van der Waals surface area contributed by atoms with E-state index in [0.717, 1.165) is 0 Å². The summed E-state index contributed by atoms with van der Waals surface area (Å²) in [6.07, 6.45) is 0. The monoisotopic (exact) mass is 381 g/mol. The van der Waals surface area contributed by atoms with Crippen molar-refractivity contribution < 1.29 is 19.1 Å². The van der Waals surface area contributed by atoms with Gasteiger partial charge in [-0.3, -0.25) is 9.59 Å². The van der Waals surface area contributed by atoms with Crippen LogP contribution in [-0.2, 0) is 11.3 Å². The van der Waals surface area contributed by atoms with Crippen molar-refractivity contribution >= 4 is 17.4 Å². The molecule has 144 valence electrons. The lowest BCUT2D eigenvalue weighted by molar-refractivity contribution is -0.117. The highest BCUT2D eigenvalue weighted by atomic mass is 16.5. The molecule has 0 saturated heterocycles. The van der Waals surface area contributed by atoms with Crippen LogP contribution in [0, 0.1) is 0 Å². The molecule has 0 saturated carbocycles. The number of tetrazole rings is 1. The van der Waals surface area contributed by atoms with E-state index < -0.39 is 0 Å². The number of amides is 1. The number of ether oxygens (including phenoxy) is 2. The third kappa shape index (κ3) is 4.32. The van der Waals surface area contributed by atoms with Crippen LogP contribution in [0.25, 0.3) is 11.4 Å². The van der Waals surface area contributed by atoms with Gasteiger partial charge in [0.25, 0.3) is 0 Å². The van der Waals surface area contributed by atoms with Crippen molar-refractivity contribution in [2.45, 2.75) is 13.5 Å². The minimum Gasteiger partial charge on any atom is -0.493 e. The SMILES string of the molecule is COc1ccc(-c2nnn(CC(=O)Nc3ccc(C(C)=O)cc3)n2)cc1OC. The van der Waals surface area contributed by atoms with Crippen LogP contribution in [0.3, 0.4) is 0 Å². The predicted octanol–water partition coefficient (Wildman–Crippen LogP) is 2.20. The second-order valence-corrected chi connectivity index (χ2v) is 5.89. The van der Waals surface area contributed by atoms with E-state index in [0.29, 0.717) is 34.1 Å². The fraction of sp³-hybridized carbons (Fsp3) is 0.211. The van der Waals surface area contributed by atoms with Crippen LogP contribution < -0.4 is 14.8 Å². The topological polar surface area (TPSA) is 108 Å².